The van der Waals surface area contributed by atoms with E-state index < -0.39 is 0 Å². The molecule has 0 aliphatic heterocycles. The van der Waals surface area contributed by atoms with Gasteiger partial charge in [0, 0.05) is 17.5 Å². The van der Waals surface area contributed by atoms with Gasteiger partial charge in [-0.05, 0) is 33.0 Å². The van der Waals surface area contributed by atoms with Crippen molar-refractivity contribution in [1.29, 1.82) is 0 Å². The fourth-order valence-electron chi connectivity index (χ4n) is 1.26. The maximum atomic E-state index is 11.8. The molecule has 17 heavy (non-hydrogen) atoms. The molecule has 0 bridgehead atoms. The average Bonchev–Trinajstić information content (AvgIpc) is 2.36. The van der Waals surface area contributed by atoms with Crippen molar-refractivity contribution in [3.05, 3.63) is 30.3 Å². The maximum Gasteiger partial charge on any atom is 0.233 e. The number of likely N-dealkylation sites (N-methyl/N-ethyl adjacent to an activating group) is 1. The molecular formula is C13H20N2OS. The molecule has 1 aromatic rings. The summed E-state index contributed by atoms with van der Waals surface area (Å²) in [5.74, 6) is 0.0842. The molecule has 1 aromatic carbocycles. The van der Waals surface area contributed by atoms with Crippen LogP contribution in [0.15, 0.2) is 35.2 Å². The molecule has 0 aliphatic carbocycles. The van der Waals surface area contributed by atoms with Crippen LogP contribution < -0.4 is 10.6 Å². The third kappa shape index (κ3) is 5.24. The number of amides is 1. The van der Waals surface area contributed by atoms with E-state index in [1.807, 2.05) is 51.2 Å². The molecule has 0 heterocycles. The lowest BCUT2D eigenvalue weighted by Gasteiger charge is -2.15. The quantitative estimate of drug-likeness (QED) is 0.760. The van der Waals surface area contributed by atoms with Gasteiger partial charge in [0.25, 0.3) is 0 Å². The smallest absolute Gasteiger partial charge is 0.233 e. The summed E-state index contributed by atoms with van der Waals surface area (Å²) in [5.41, 5.74) is 0. The molecule has 1 rings (SSSR count). The number of carbonyl (C=O) groups is 1. The van der Waals surface area contributed by atoms with Crippen LogP contribution in [0.1, 0.15) is 13.8 Å². The van der Waals surface area contributed by atoms with Crippen molar-refractivity contribution in [3.63, 3.8) is 0 Å². The lowest BCUT2D eigenvalue weighted by atomic mass is 10.3. The number of hydrogen-bond donors (Lipinski definition) is 2. The predicted molar refractivity (Wildman–Crippen MR) is 73.3 cm³/mol. The zero-order valence-corrected chi connectivity index (χ0v) is 11.4. The van der Waals surface area contributed by atoms with Gasteiger partial charge in [-0.2, -0.15) is 0 Å². The minimum Gasteiger partial charge on any atom is -0.354 e. The summed E-state index contributed by atoms with van der Waals surface area (Å²) >= 11 is 1.58. The highest BCUT2D eigenvalue weighted by Gasteiger charge is 2.14. The van der Waals surface area contributed by atoms with Crippen LogP contribution in [0.25, 0.3) is 0 Å². The van der Waals surface area contributed by atoms with E-state index in [2.05, 4.69) is 10.6 Å². The van der Waals surface area contributed by atoms with Gasteiger partial charge >= 0.3 is 0 Å². The lowest BCUT2D eigenvalue weighted by molar-refractivity contribution is -0.120. The van der Waals surface area contributed by atoms with Gasteiger partial charge in [-0.15, -0.1) is 11.8 Å². The summed E-state index contributed by atoms with van der Waals surface area (Å²) < 4.78 is 0. The third-order valence-corrected chi connectivity index (χ3v) is 3.61. The predicted octanol–water partition coefficient (Wildman–Crippen LogP) is 1.89. The Hall–Kier alpha value is -1.00. The largest absolute Gasteiger partial charge is 0.354 e. The van der Waals surface area contributed by atoms with Crippen LogP contribution in [0, 0.1) is 0 Å². The van der Waals surface area contributed by atoms with Crippen LogP contribution in [0.2, 0.25) is 0 Å². The standard InChI is InChI=1S/C13H20N2OS/c1-10(14-3)9-15-13(16)11(2)17-12-7-5-4-6-8-12/h4-8,10-11,14H,9H2,1-3H3,(H,15,16). The highest BCUT2D eigenvalue weighted by Crippen LogP contribution is 2.22. The minimum absolute atomic E-state index is 0.0681. The Bertz CT molecular complexity index is 343. The molecule has 0 aliphatic rings. The summed E-state index contributed by atoms with van der Waals surface area (Å²) in [6.45, 7) is 4.63. The van der Waals surface area contributed by atoms with Crippen molar-refractivity contribution in [3.8, 4) is 0 Å². The highest BCUT2D eigenvalue weighted by molar-refractivity contribution is 8.00. The van der Waals surface area contributed by atoms with Gasteiger partial charge in [0.2, 0.25) is 5.91 Å². The number of hydrogen-bond acceptors (Lipinski definition) is 3. The molecule has 2 N–H and O–H groups in total. The molecule has 94 valence electrons. The average molecular weight is 252 g/mol. The van der Waals surface area contributed by atoms with Gasteiger partial charge in [-0.25, -0.2) is 0 Å². The van der Waals surface area contributed by atoms with Crippen molar-refractivity contribution in [2.75, 3.05) is 13.6 Å². The van der Waals surface area contributed by atoms with Crippen molar-refractivity contribution in [2.24, 2.45) is 0 Å². The molecule has 3 nitrogen and oxygen atoms in total. The molecule has 2 atom stereocenters. The zero-order valence-electron chi connectivity index (χ0n) is 10.6. The van der Waals surface area contributed by atoms with Gasteiger partial charge in [-0.3, -0.25) is 4.79 Å². The number of nitrogens with one attached hydrogen (secondary N) is 2. The van der Waals surface area contributed by atoms with E-state index in [1.54, 1.807) is 11.8 Å². The number of rotatable bonds is 6. The minimum atomic E-state index is -0.0681. The monoisotopic (exact) mass is 252 g/mol. The van der Waals surface area contributed by atoms with E-state index >= 15 is 0 Å². The van der Waals surface area contributed by atoms with Crippen LogP contribution in [0.3, 0.4) is 0 Å². The lowest BCUT2D eigenvalue weighted by Crippen LogP contribution is -2.40. The second-order valence-electron chi connectivity index (χ2n) is 4.01. The molecule has 0 aromatic heterocycles. The summed E-state index contributed by atoms with van der Waals surface area (Å²) in [4.78, 5) is 12.9. The van der Waals surface area contributed by atoms with E-state index in [0.717, 1.165) is 4.90 Å². The first-order chi connectivity index (χ1) is 8.13. The molecule has 4 heteroatoms. The molecule has 2 unspecified atom stereocenters. The molecular weight excluding hydrogens is 232 g/mol. The molecule has 1 amide bonds. The van der Waals surface area contributed by atoms with Crippen molar-refractivity contribution < 1.29 is 4.79 Å². The Morgan fingerprint density at radius 2 is 1.94 bits per heavy atom. The number of thioether (sulfide) groups is 1. The van der Waals surface area contributed by atoms with E-state index in [-0.39, 0.29) is 11.2 Å². The SMILES string of the molecule is CNC(C)CNC(=O)C(C)Sc1ccccc1. The van der Waals surface area contributed by atoms with Crippen LogP contribution >= 0.6 is 11.8 Å². The van der Waals surface area contributed by atoms with E-state index in [0.29, 0.717) is 12.6 Å². The molecule has 0 saturated carbocycles. The summed E-state index contributed by atoms with van der Waals surface area (Å²) in [6.07, 6.45) is 0. The van der Waals surface area contributed by atoms with E-state index in [9.17, 15) is 4.79 Å². The van der Waals surface area contributed by atoms with Gasteiger partial charge in [-0.1, -0.05) is 18.2 Å². The Morgan fingerprint density at radius 3 is 2.53 bits per heavy atom. The second-order valence-corrected chi connectivity index (χ2v) is 5.42. The van der Waals surface area contributed by atoms with Gasteiger partial charge in [0.1, 0.15) is 0 Å². The van der Waals surface area contributed by atoms with Gasteiger partial charge < -0.3 is 10.6 Å². The summed E-state index contributed by atoms with van der Waals surface area (Å²) in [7, 11) is 1.89. The van der Waals surface area contributed by atoms with Gasteiger partial charge in [0.15, 0.2) is 0 Å². The molecule has 0 saturated heterocycles. The van der Waals surface area contributed by atoms with Crippen molar-refractivity contribution >= 4 is 17.7 Å². The molecule has 0 fully saturated rings. The normalized spacial score (nSPS) is 14.1. The van der Waals surface area contributed by atoms with Gasteiger partial charge in [0.05, 0.1) is 5.25 Å². The Balaban J connectivity index is 2.37. The Morgan fingerprint density at radius 1 is 1.29 bits per heavy atom. The van der Waals surface area contributed by atoms with E-state index in [4.69, 9.17) is 0 Å². The number of benzene rings is 1. The van der Waals surface area contributed by atoms with Crippen LogP contribution in [-0.2, 0) is 4.79 Å². The fraction of sp³-hybridized carbons (Fsp3) is 0.462. The van der Waals surface area contributed by atoms with Crippen molar-refractivity contribution in [1.82, 2.24) is 10.6 Å². The van der Waals surface area contributed by atoms with Crippen molar-refractivity contribution in [2.45, 2.75) is 30.0 Å². The molecule has 0 spiro atoms. The van der Waals surface area contributed by atoms with Crippen LogP contribution in [-0.4, -0.2) is 30.8 Å². The summed E-state index contributed by atoms with van der Waals surface area (Å²) in [6, 6.07) is 10.3. The number of carbonyl (C=O) groups excluding carboxylic acids is 1. The second kappa shape index (κ2) is 7.35. The van der Waals surface area contributed by atoms with Crippen LogP contribution in [0.5, 0.6) is 0 Å². The van der Waals surface area contributed by atoms with E-state index in [1.165, 1.54) is 0 Å². The fourth-order valence-corrected chi connectivity index (χ4v) is 2.17. The highest BCUT2D eigenvalue weighted by atomic mass is 32.2. The van der Waals surface area contributed by atoms with Crippen LogP contribution in [0.4, 0.5) is 0 Å². The third-order valence-electron chi connectivity index (χ3n) is 2.50. The molecule has 0 radical (unpaired) electrons. The first-order valence-electron chi connectivity index (χ1n) is 5.80. The topological polar surface area (TPSA) is 41.1 Å². The Labute approximate surface area is 107 Å². The zero-order chi connectivity index (χ0) is 12.7. The first-order valence-corrected chi connectivity index (χ1v) is 6.68. The maximum absolute atomic E-state index is 11.8. The Kier molecular flexibility index (Phi) is 6.08. The first kappa shape index (κ1) is 14.1. The summed E-state index contributed by atoms with van der Waals surface area (Å²) in [5, 5.41) is 5.95.